The maximum absolute atomic E-state index is 13.5. The van der Waals surface area contributed by atoms with E-state index in [1.165, 1.54) is 0 Å². The highest BCUT2D eigenvalue weighted by Crippen LogP contribution is 2.22. The van der Waals surface area contributed by atoms with E-state index < -0.39 is 0 Å². The molecule has 2 fully saturated rings. The zero-order chi connectivity index (χ0) is 24.4. The van der Waals surface area contributed by atoms with Crippen molar-refractivity contribution in [1.29, 1.82) is 0 Å². The number of aliphatic hydroxyl groups is 1. The van der Waals surface area contributed by atoms with Gasteiger partial charge >= 0.3 is 0 Å². The summed E-state index contributed by atoms with van der Waals surface area (Å²) in [6.07, 6.45) is 3.65. The van der Waals surface area contributed by atoms with Gasteiger partial charge in [-0.25, -0.2) is 0 Å². The normalized spacial score (nSPS) is 18.5. The molecule has 0 radical (unpaired) electrons. The van der Waals surface area contributed by atoms with Crippen LogP contribution in [-0.2, 0) is 4.74 Å². The molecule has 1 saturated heterocycles. The first-order chi connectivity index (χ1) is 17.0. The highest BCUT2D eigenvalue weighted by Gasteiger charge is 2.24. The van der Waals surface area contributed by atoms with Crippen LogP contribution in [0.4, 0.5) is 0 Å². The molecule has 2 heterocycles. The van der Waals surface area contributed by atoms with Gasteiger partial charge in [0, 0.05) is 37.4 Å². The number of aliphatic hydroxyl groups excluding tert-OH is 1. The van der Waals surface area contributed by atoms with Crippen molar-refractivity contribution in [3.63, 3.8) is 0 Å². The highest BCUT2D eigenvalue weighted by atomic mass is 16.5. The summed E-state index contributed by atoms with van der Waals surface area (Å²) in [6.45, 7) is 5.22. The quantitative estimate of drug-likeness (QED) is 0.517. The number of carbonyl (C=O) groups is 1. The van der Waals surface area contributed by atoms with Crippen LogP contribution in [0.5, 0.6) is 5.75 Å². The Hall–Kier alpha value is -3.20. The van der Waals surface area contributed by atoms with Crippen molar-refractivity contribution in [2.24, 2.45) is 0 Å². The van der Waals surface area contributed by atoms with Gasteiger partial charge in [-0.2, -0.15) is 0 Å². The van der Waals surface area contributed by atoms with E-state index in [-0.39, 0.29) is 30.2 Å². The summed E-state index contributed by atoms with van der Waals surface area (Å²) in [6, 6.07) is 13.2. The van der Waals surface area contributed by atoms with Gasteiger partial charge in [0.25, 0.3) is 11.5 Å². The Labute approximate surface area is 204 Å². The lowest BCUT2D eigenvalue weighted by Gasteiger charge is -2.31. The van der Waals surface area contributed by atoms with E-state index in [1.807, 2.05) is 31.2 Å². The Morgan fingerprint density at radius 3 is 2.86 bits per heavy atom. The number of carbonyl (C=O) groups excluding carboxylic acids is 1. The van der Waals surface area contributed by atoms with Gasteiger partial charge in [-0.05, 0) is 61.0 Å². The van der Waals surface area contributed by atoms with Gasteiger partial charge in [-0.15, -0.1) is 0 Å². The monoisotopic (exact) mass is 477 g/mol. The summed E-state index contributed by atoms with van der Waals surface area (Å²) in [7, 11) is 0. The summed E-state index contributed by atoms with van der Waals surface area (Å²) in [4.78, 5) is 28.2. The van der Waals surface area contributed by atoms with Crippen LogP contribution >= 0.6 is 0 Å². The number of nitrogens with zero attached hydrogens (tertiary/aromatic N) is 2. The van der Waals surface area contributed by atoms with Gasteiger partial charge in [0.05, 0.1) is 30.4 Å². The van der Waals surface area contributed by atoms with Crippen LogP contribution in [0.2, 0.25) is 0 Å². The van der Waals surface area contributed by atoms with Gasteiger partial charge in [0.15, 0.2) is 0 Å². The van der Waals surface area contributed by atoms with Gasteiger partial charge in [-0.1, -0.05) is 12.1 Å². The fraction of sp³-hybridized carbons (Fsp3) is 0.407. The molecule has 1 aromatic heterocycles. The first-order valence-corrected chi connectivity index (χ1v) is 12.2. The van der Waals surface area contributed by atoms with Crippen molar-refractivity contribution in [2.75, 3.05) is 39.5 Å². The molecule has 0 bridgehead atoms. The molecule has 1 unspecified atom stereocenters. The number of ether oxygens (including phenoxy) is 2. The zero-order valence-corrected chi connectivity index (χ0v) is 19.9. The Morgan fingerprint density at radius 1 is 1.20 bits per heavy atom. The van der Waals surface area contributed by atoms with Crippen LogP contribution < -0.4 is 15.6 Å². The van der Waals surface area contributed by atoms with Crippen LogP contribution in [0.15, 0.2) is 53.5 Å². The minimum absolute atomic E-state index is 0.0158. The number of nitrogens with one attached hydrogen (secondary N) is 1. The summed E-state index contributed by atoms with van der Waals surface area (Å²) in [5, 5.41) is 13.7. The van der Waals surface area contributed by atoms with Crippen molar-refractivity contribution in [3.8, 4) is 11.4 Å². The van der Waals surface area contributed by atoms with Crippen LogP contribution in [0.25, 0.3) is 16.5 Å². The number of amides is 1. The van der Waals surface area contributed by atoms with Gasteiger partial charge < -0.3 is 19.9 Å². The molecule has 1 amide bonds. The van der Waals surface area contributed by atoms with E-state index in [0.717, 1.165) is 30.3 Å². The van der Waals surface area contributed by atoms with E-state index in [0.29, 0.717) is 48.7 Å². The lowest BCUT2D eigenvalue weighted by molar-refractivity contribution is -0.0547. The summed E-state index contributed by atoms with van der Waals surface area (Å²) in [5.41, 5.74) is 1.99. The topological polar surface area (TPSA) is 93.0 Å². The van der Waals surface area contributed by atoms with Gasteiger partial charge in [0.2, 0.25) is 0 Å². The molecule has 184 valence electrons. The Bertz CT molecular complexity index is 1280. The molecule has 8 heteroatoms. The molecule has 1 atom stereocenters. The number of pyridine rings is 1. The van der Waals surface area contributed by atoms with Crippen LogP contribution in [-0.4, -0.2) is 72.1 Å². The molecule has 35 heavy (non-hydrogen) atoms. The second-order valence-corrected chi connectivity index (χ2v) is 9.31. The molecular weight excluding hydrogens is 446 g/mol. The van der Waals surface area contributed by atoms with Gasteiger partial charge in [0.1, 0.15) is 12.4 Å². The van der Waals surface area contributed by atoms with E-state index in [2.05, 4.69) is 10.2 Å². The number of morpholine rings is 1. The van der Waals surface area contributed by atoms with Crippen LogP contribution in [0.3, 0.4) is 0 Å². The van der Waals surface area contributed by atoms with E-state index in [4.69, 9.17) is 9.47 Å². The number of fused-ring (bicyclic) bond motifs is 1. The number of hydrogen-bond acceptors (Lipinski definition) is 6. The van der Waals surface area contributed by atoms with Crippen molar-refractivity contribution >= 4 is 16.7 Å². The Kier molecular flexibility index (Phi) is 6.86. The number of rotatable bonds is 8. The van der Waals surface area contributed by atoms with E-state index in [1.54, 1.807) is 29.0 Å². The second kappa shape index (κ2) is 10.2. The predicted octanol–water partition coefficient (Wildman–Crippen LogP) is 2.26. The standard InChI is InChI=1S/C27H31N3O5/c1-18-2-3-20(26(32)28-21-5-6-21)14-25(18)30-9-8-19-4-7-22(15-24(19)27(30)33)34-12-10-29-11-13-35-23(16-29)17-31/h2-4,7-9,14-15,21,23,31H,5-6,10-13,16-17H2,1H3,(H,28,32). The maximum Gasteiger partial charge on any atom is 0.263 e. The number of aryl methyl sites for hydroxylation is 1. The minimum Gasteiger partial charge on any atom is -0.492 e. The van der Waals surface area contributed by atoms with E-state index >= 15 is 0 Å². The number of benzene rings is 2. The lowest BCUT2D eigenvalue weighted by atomic mass is 10.1. The third-order valence-electron chi connectivity index (χ3n) is 6.62. The fourth-order valence-corrected chi connectivity index (χ4v) is 4.39. The van der Waals surface area contributed by atoms with Crippen LogP contribution in [0.1, 0.15) is 28.8 Å². The molecule has 1 saturated carbocycles. The molecule has 2 aliphatic rings. The number of aromatic nitrogens is 1. The molecule has 1 aliphatic carbocycles. The minimum atomic E-state index is -0.158. The third-order valence-corrected chi connectivity index (χ3v) is 6.62. The first kappa shape index (κ1) is 23.5. The second-order valence-electron chi connectivity index (χ2n) is 9.31. The van der Waals surface area contributed by atoms with Gasteiger partial charge in [-0.3, -0.25) is 19.1 Å². The molecule has 2 N–H and O–H groups in total. The predicted molar refractivity (Wildman–Crippen MR) is 134 cm³/mol. The molecular formula is C27H31N3O5. The molecule has 2 aromatic carbocycles. The lowest BCUT2D eigenvalue weighted by Crippen LogP contribution is -2.45. The molecule has 0 spiro atoms. The Balaban J connectivity index is 1.35. The Morgan fingerprint density at radius 2 is 2.06 bits per heavy atom. The first-order valence-electron chi connectivity index (χ1n) is 12.2. The van der Waals surface area contributed by atoms with Crippen LogP contribution in [0, 0.1) is 6.92 Å². The molecule has 1 aliphatic heterocycles. The summed E-state index contributed by atoms with van der Waals surface area (Å²) in [5.74, 6) is 0.525. The highest BCUT2D eigenvalue weighted by molar-refractivity contribution is 5.95. The fourth-order valence-electron chi connectivity index (χ4n) is 4.39. The van der Waals surface area contributed by atoms with Crippen molar-refractivity contribution < 1.29 is 19.4 Å². The smallest absolute Gasteiger partial charge is 0.263 e. The zero-order valence-electron chi connectivity index (χ0n) is 19.9. The largest absolute Gasteiger partial charge is 0.492 e. The molecule has 8 nitrogen and oxygen atoms in total. The third kappa shape index (κ3) is 5.40. The van der Waals surface area contributed by atoms with Crippen molar-refractivity contribution in [1.82, 2.24) is 14.8 Å². The molecule has 3 aromatic rings. The van der Waals surface area contributed by atoms with Crippen molar-refractivity contribution in [2.45, 2.75) is 31.9 Å². The average molecular weight is 478 g/mol. The van der Waals surface area contributed by atoms with Crippen molar-refractivity contribution in [3.05, 3.63) is 70.1 Å². The average Bonchev–Trinajstić information content (AvgIpc) is 3.69. The summed E-state index contributed by atoms with van der Waals surface area (Å²) >= 11 is 0. The summed E-state index contributed by atoms with van der Waals surface area (Å²) < 4.78 is 13.0. The number of hydrogen-bond donors (Lipinski definition) is 2. The maximum atomic E-state index is 13.5. The van der Waals surface area contributed by atoms with E-state index in [9.17, 15) is 14.7 Å². The SMILES string of the molecule is Cc1ccc(C(=O)NC2CC2)cc1-n1ccc2ccc(OCCN3CCOC(CO)C3)cc2c1=O. The molecule has 5 rings (SSSR count).